The van der Waals surface area contributed by atoms with Gasteiger partial charge < -0.3 is 14.5 Å². The predicted octanol–water partition coefficient (Wildman–Crippen LogP) is 4.11. The fourth-order valence-electron chi connectivity index (χ4n) is 2.72. The van der Waals surface area contributed by atoms with Gasteiger partial charge in [0.1, 0.15) is 11.5 Å². The van der Waals surface area contributed by atoms with E-state index in [0.29, 0.717) is 23.8 Å². The van der Waals surface area contributed by atoms with Gasteiger partial charge in [-0.25, -0.2) is 8.42 Å². The molecule has 0 radical (unpaired) electrons. The molecule has 3 rings (SSSR count). The Hall–Kier alpha value is -2.37. The topological polar surface area (TPSA) is 88.9 Å². The summed E-state index contributed by atoms with van der Waals surface area (Å²) in [5.74, 6) is 0.564. The maximum atomic E-state index is 13.2. The van der Waals surface area contributed by atoms with Crippen LogP contribution in [0.3, 0.4) is 0 Å². The predicted molar refractivity (Wildman–Crippen MR) is 122 cm³/mol. The van der Waals surface area contributed by atoms with Crippen molar-refractivity contribution in [3.05, 3.63) is 76.3 Å². The molecule has 0 atom stereocenters. The lowest BCUT2D eigenvalue weighted by atomic mass is 10.3. The van der Waals surface area contributed by atoms with E-state index in [2.05, 4.69) is 27.9 Å². The Bertz CT molecular complexity index is 1070. The minimum absolute atomic E-state index is 0.0668. The number of rotatable bonds is 9. The van der Waals surface area contributed by atoms with Crippen molar-refractivity contribution in [3.63, 3.8) is 0 Å². The molecule has 30 heavy (non-hydrogen) atoms. The Morgan fingerprint density at radius 3 is 2.40 bits per heavy atom. The number of furan rings is 1. The van der Waals surface area contributed by atoms with Gasteiger partial charge in [0, 0.05) is 9.26 Å². The molecule has 1 N–H and O–H groups in total. The van der Waals surface area contributed by atoms with Gasteiger partial charge >= 0.3 is 0 Å². The second-order valence-corrected chi connectivity index (χ2v) is 9.50. The van der Waals surface area contributed by atoms with E-state index in [1.54, 1.807) is 36.4 Å². The third-order valence-corrected chi connectivity index (χ3v) is 6.66. The summed E-state index contributed by atoms with van der Waals surface area (Å²) in [6.45, 7) is 1.91. The maximum absolute atomic E-state index is 13.2. The SMILES string of the molecule is CCOc1ccc(S(=O)(=O)N(CC(=O)Nc2ccc(I)cc2)Cc2ccco2)cc1. The van der Waals surface area contributed by atoms with E-state index in [4.69, 9.17) is 9.15 Å². The molecule has 3 aromatic rings. The molecule has 0 saturated carbocycles. The first-order chi connectivity index (χ1) is 14.4. The summed E-state index contributed by atoms with van der Waals surface area (Å²) < 4.78 is 39.2. The van der Waals surface area contributed by atoms with Gasteiger partial charge in [0.25, 0.3) is 0 Å². The molecule has 1 amide bonds. The molecule has 0 fully saturated rings. The minimum atomic E-state index is -3.95. The molecular formula is C21H21IN2O5S. The lowest BCUT2D eigenvalue weighted by Crippen LogP contribution is -2.37. The molecule has 0 aliphatic rings. The lowest BCUT2D eigenvalue weighted by molar-refractivity contribution is -0.116. The van der Waals surface area contributed by atoms with Crippen LogP contribution < -0.4 is 10.1 Å². The van der Waals surface area contributed by atoms with Crippen LogP contribution in [-0.4, -0.2) is 31.8 Å². The molecule has 9 heteroatoms. The zero-order chi connectivity index (χ0) is 21.6. The highest BCUT2D eigenvalue weighted by atomic mass is 127. The standard InChI is InChI=1S/C21H21IN2O5S/c1-2-28-18-9-11-20(12-10-18)30(26,27)24(14-19-4-3-13-29-19)15-21(25)23-17-7-5-16(22)6-8-17/h3-13H,2,14-15H2,1H3,(H,23,25). The number of benzene rings is 2. The zero-order valence-electron chi connectivity index (χ0n) is 16.2. The third kappa shape index (κ3) is 5.83. The Morgan fingerprint density at radius 1 is 1.10 bits per heavy atom. The monoisotopic (exact) mass is 540 g/mol. The van der Waals surface area contributed by atoms with Crippen molar-refractivity contribution < 1.29 is 22.4 Å². The number of amides is 1. The second kappa shape index (κ2) is 10.1. The maximum Gasteiger partial charge on any atom is 0.243 e. The lowest BCUT2D eigenvalue weighted by Gasteiger charge is -2.21. The second-order valence-electron chi connectivity index (χ2n) is 6.31. The van der Waals surface area contributed by atoms with E-state index >= 15 is 0 Å². The van der Waals surface area contributed by atoms with Crippen LogP contribution in [0.2, 0.25) is 0 Å². The molecule has 0 unspecified atom stereocenters. The van der Waals surface area contributed by atoms with E-state index in [1.807, 2.05) is 19.1 Å². The fraction of sp³-hybridized carbons (Fsp3) is 0.190. The quantitative estimate of drug-likeness (QED) is 0.413. The van der Waals surface area contributed by atoms with Crippen molar-refractivity contribution in [1.82, 2.24) is 4.31 Å². The summed E-state index contributed by atoms with van der Waals surface area (Å²) in [6, 6.07) is 16.7. The smallest absolute Gasteiger partial charge is 0.243 e. The van der Waals surface area contributed by atoms with Gasteiger partial charge in [-0.3, -0.25) is 4.79 Å². The molecule has 0 spiro atoms. The van der Waals surface area contributed by atoms with E-state index in [9.17, 15) is 13.2 Å². The number of carbonyl (C=O) groups excluding carboxylic acids is 1. The summed E-state index contributed by atoms with van der Waals surface area (Å²) in [7, 11) is -3.95. The summed E-state index contributed by atoms with van der Waals surface area (Å²) in [4.78, 5) is 12.7. The molecule has 158 valence electrons. The number of ether oxygens (including phenoxy) is 1. The number of sulfonamides is 1. The van der Waals surface area contributed by atoms with Crippen LogP contribution in [-0.2, 0) is 21.4 Å². The van der Waals surface area contributed by atoms with E-state index < -0.39 is 15.9 Å². The van der Waals surface area contributed by atoms with Crippen LogP contribution in [0.1, 0.15) is 12.7 Å². The number of halogens is 1. The van der Waals surface area contributed by atoms with Crippen LogP contribution in [0, 0.1) is 3.57 Å². The molecule has 0 bridgehead atoms. The minimum Gasteiger partial charge on any atom is -0.494 e. The fourth-order valence-corrected chi connectivity index (χ4v) is 4.44. The number of carbonyl (C=O) groups is 1. The summed E-state index contributed by atoms with van der Waals surface area (Å²) in [6.07, 6.45) is 1.46. The Kier molecular flexibility index (Phi) is 7.51. The molecule has 0 aliphatic heterocycles. The first-order valence-corrected chi connectivity index (χ1v) is 11.7. The van der Waals surface area contributed by atoms with Crippen LogP contribution >= 0.6 is 22.6 Å². The third-order valence-electron chi connectivity index (χ3n) is 4.13. The Balaban J connectivity index is 1.81. The normalized spacial score (nSPS) is 11.4. The number of anilines is 1. The van der Waals surface area contributed by atoms with Crippen molar-refractivity contribution in [2.24, 2.45) is 0 Å². The van der Waals surface area contributed by atoms with Crippen molar-refractivity contribution in [1.29, 1.82) is 0 Å². The Morgan fingerprint density at radius 2 is 1.80 bits per heavy atom. The molecule has 0 aliphatic carbocycles. The van der Waals surface area contributed by atoms with E-state index in [0.717, 1.165) is 7.88 Å². The van der Waals surface area contributed by atoms with E-state index in [1.165, 1.54) is 18.4 Å². The number of nitrogens with zero attached hydrogens (tertiary/aromatic N) is 1. The summed E-state index contributed by atoms with van der Waals surface area (Å²) in [5.41, 5.74) is 0.594. The Labute approximate surface area is 189 Å². The average molecular weight is 540 g/mol. The van der Waals surface area contributed by atoms with Crippen molar-refractivity contribution >= 4 is 44.2 Å². The summed E-state index contributed by atoms with van der Waals surface area (Å²) in [5, 5.41) is 2.73. The highest BCUT2D eigenvalue weighted by molar-refractivity contribution is 14.1. The van der Waals surface area contributed by atoms with Crippen LogP contribution in [0.15, 0.2) is 76.2 Å². The number of nitrogens with one attached hydrogen (secondary N) is 1. The molecule has 0 saturated heterocycles. The molecule has 1 aromatic heterocycles. The molecule has 7 nitrogen and oxygen atoms in total. The van der Waals surface area contributed by atoms with Gasteiger partial charge in [0.05, 0.1) is 30.9 Å². The van der Waals surface area contributed by atoms with Crippen LogP contribution in [0.4, 0.5) is 5.69 Å². The van der Waals surface area contributed by atoms with Gasteiger partial charge in [-0.05, 0) is 90.2 Å². The van der Waals surface area contributed by atoms with Crippen molar-refractivity contribution in [2.45, 2.75) is 18.4 Å². The highest BCUT2D eigenvalue weighted by Gasteiger charge is 2.28. The van der Waals surface area contributed by atoms with Gasteiger partial charge in [-0.15, -0.1) is 0 Å². The van der Waals surface area contributed by atoms with Gasteiger partial charge in [-0.1, -0.05) is 0 Å². The van der Waals surface area contributed by atoms with Gasteiger partial charge in [-0.2, -0.15) is 4.31 Å². The van der Waals surface area contributed by atoms with Crippen LogP contribution in [0.5, 0.6) is 5.75 Å². The first kappa shape index (κ1) is 22.3. The highest BCUT2D eigenvalue weighted by Crippen LogP contribution is 2.22. The van der Waals surface area contributed by atoms with Gasteiger partial charge in [0.15, 0.2) is 0 Å². The van der Waals surface area contributed by atoms with Crippen LogP contribution in [0.25, 0.3) is 0 Å². The largest absolute Gasteiger partial charge is 0.494 e. The molecule has 2 aromatic carbocycles. The van der Waals surface area contributed by atoms with E-state index in [-0.39, 0.29) is 18.0 Å². The van der Waals surface area contributed by atoms with Crippen molar-refractivity contribution in [3.8, 4) is 5.75 Å². The average Bonchev–Trinajstić information content (AvgIpc) is 3.23. The first-order valence-electron chi connectivity index (χ1n) is 9.19. The van der Waals surface area contributed by atoms with Crippen molar-refractivity contribution in [2.75, 3.05) is 18.5 Å². The molecule has 1 heterocycles. The van der Waals surface area contributed by atoms with Gasteiger partial charge in [0.2, 0.25) is 15.9 Å². The zero-order valence-corrected chi connectivity index (χ0v) is 19.2. The molecular weight excluding hydrogens is 519 g/mol. The number of hydrogen-bond acceptors (Lipinski definition) is 5. The number of hydrogen-bond donors (Lipinski definition) is 1. The summed E-state index contributed by atoms with van der Waals surface area (Å²) >= 11 is 2.17.